The second-order valence-electron chi connectivity index (χ2n) is 5.80. The molecular weight excluding hydrogens is 328 g/mol. The van der Waals surface area contributed by atoms with Crippen LogP contribution in [0.2, 0.25) is 0 Å². The van der Waals surface area contributed by atoms with E-state index in [0.29, 0.717) is 16.8 Å². The van der Waals surface area contributed by atoms with E-state index in [4.69, 9.17) is 4.74 Å². The number of para-hydroxylation sites is 1. The van der Waals surface area contributed by atoms with E-state index in [1.807, 2.05) is 36.4 Å². The molecule has 26 heavy (non-hydrogen) atoms. The number of aromatic hydroxyl groups is 1. The minimum Gasteiger partial charge on any atom is -0.507 e. The van der Waals surface area contributed by atoms with Gasteiger partial charge in [-0.25, -0.2) is 4.79 Å². The number of phenols is 1. The smallest absolute Gasteiger partial charge is 0.355 e. The van der Waals surface area contributed by atoms with Gasteiger partial charge in [0.05, 0.1) is 12.2 Å². The first-order chi connectivity index (χ1) is 12.6. The largest absolute Gasteiger partial charge is 0.507 e. The molecule has 1 N–H and O–H groups in total. The van der Waals surface area contributed by atoms with Crippen molar-refractivity contribution in [2.45, 2.75) is 6.92 Å². The predicted octanol–water partition coefficient (Wildman–Crippen LogP) is 4.11. The Bertz CT molecular complexity index is 995. The lowest BCUT2D eigenvalue weighted by molar-refractivity contribution is 0.0516. The monoisotopic (exact) mass is 346 g/mol. The van der Waals surface area contributed by atoms with Gasteiger partial charge in [0.25, 0.3) is 0 Å². The summed E-state index contributed by atoms with van der Waals surface area (Å²) in [6.07, 6.45) is 1.62. The molecule has 0 radical (unpaired) electrons. The van der Waals surface area contributed by atoms with Crippen molar-refractivity contribution in [3.05, 3.63) is 66.0 Å². The highest BCUT2D eigenvalue weighted by Gasteiger charge is 2.22. The average molecular weight is 346 g/mol. The summed E-state index contributed by atoms with van der Waals surface area (Å²) in [6.45, 7) is 2.00. The van der Waals surface area contributed by atoms with E-state index < -0.39 is 5.97 Å². The van der Waals surface area contributed by atoms with Crippen LogP contribution >= 0.6 is 0 Å². The molecule has 0 saturated heterocycles. The quantitative estimate of drug-likeness (QED) is 0.721. The maximum Gasteiger partial charge on any atom is 0.355 e. The SMILES string of the molecule is CCOC(=O)c1c(-c2ccc(-c3ccccc3O)cc2)c(C#N)cn1C. The molecule has 0 aliphatic carbocycles. The Labute approximate surface area is 151 Å². The van der Waals surface area contributed by atoms with Crippen LogP contribution in [0, 0.1) is 11.3 Å². The first kappa shape index (κ1) is 17.3. The number of ether oxygens (including phenoxy) is 1. The molecule has 0 aliphatic rings. The maximum atomic E-state index is 12.3. The second-order valence-corrected chi connectivity index (χ2v) is 5.80. The standard InChI is InChI=1S/C21H18N2O3/c1-3-26-21(25)20-19(16(12-22)13-23(20)2)15-10-8-14(9-11-15)17-6-4-5-7-18(17)24/h4-11,13,24H,3H2,1-2H3. The van der Waals surface area contributed by atoms with Gasteiger partial charge in [0.2, 0.25) is 0 Å². The van der Waals surface area contributed by atoms with Gasteiger partial charge in [-0.05, 0) is 24.1 Å². The summed E-state index contributed by atoms with van der Waals surface area (Å²) >= 11 is 0. The highest BCUT2D eigenvalue weighted by Crippen LogP contribution is 2.33. The number of aromatic nitrogens is 1. The first-order valence-corrected chi connectivity index (χ1v) is 8.22. The van der Waals surface area contributed by atoms with Gasteiger partial charge in [-0.1, -0.05) is 42.5 Å². The molecule has 0 aliphatic heterocycles. The Balaban J connectivity index is 2.09. The molecule has 0 saturated carbocycles. The number of nitrogens with zero attached hydrogens (tertiary/aromatic N) is 2. The highest BCUT2D eigenvalue weighted by molar-refractivity contribution is 5.98. The minimum absolute atomic E-state index is 0.199. The fraction of sp³-hybridized carbons (Fsp3) is 0.143. The van der Waals surface area contributed by atoms with Gasteiger partial charge in [-0.3, -0.25) is 0 Å². The van der Waals surface area contributed by atoms with Crippen LogP contribution < -0.4 is 0 Å². The Kier molecular flexibility index (Phi) is 4.76. The van der Waals surface area contributed by atoms with Gasteiger partial charge in [-0.2, -0.15) is 5.26 Å². The van der Waals surface area contributed by atoms with Crippen LogP contribution in [0.4, 0.5) is 0 Å². The zero-order valence-corrected chi connectivity index (χ0v) is 14.6. The van der Waals surface area contributed by atoms with Crippen LogP contribution in [0.15, 0.2) is 54.7 Å². The van der Waals surface area contributed by atoms with E-state index in [1.54, 1.807) is 36.9 Å². The minimum atomic E-state index is -0.462. The first-order valence-electron chi connectivity index (χ1n) is 8.22. The second kappa shape index (κ2) is 7.16. The summed E-state index contributed by atoms with van der Waals surface area (Å²) in [4.78, 5) is 12.3. The zero-order valence-electron chi connectivity index (χ0n) is 14.6. The topological polar surface area (TPSA) is 75.2 Å². The number of carbonyl (C=O) groups excluding carboxylic acids is 1. The van der Waals surface area contributed by atoms with Gasteiger partial charge in [0.15, 0.2) is 0 Å². The number of nitriles is 1. The maximum absolute atomic E-state index is 12.3. The molecule has 0 spiro atoms. The summed E-state index contributed by atoms with van der Waals surface area (Å²) in [5, 5.41) is 19.5. The van der Waals surface area contributed by atoms with Crippen LogP contribution in [-0.4, -0.2) is 22.2 Å². The van der Waals surface area contributed by atoms with Crippen LogP contribution in [0.5, 0.6) is 5.75 Å². The third-order valence-corrected chi connectivity index (χ3v) is 4.16. The molecular formula is C21H18N2O3. The van der Waals surface area contributed by atoms with Crippen molar-refractivity contribution in [2.75, 3.05) is 6.61 Å². The average Bonchev–Trinajstić information content (AvgIpc) is 2.99. The van der Waals surface area contributed by atoms with E-state index in [-0.39, 0.29) is 12.4 Å². The summed E-state index contributed by atoms with van der Waals surface area (Å²) in [5.74, 6) is -0.263. The fourth-order valence-electron chi connectivity index (χ4n) is 2.98. The molecule has 3 aromatic rings. The van der Waals surface area contributed by atoms with E-state index in [1.165, 1.54) is 0 Å². The molecule has 2 aromatic carbocycles. The summed E-state index contributed by atoms with van der Waals surface area (Å²) < 4.78 is 6.75. The number of hydrogen-bond donors (Lipinski definition) is 1. The summed E-state index contributed by atoms with van der Waals surface area (Å²) in [6, 6.07) is 16.6. The van der Waals surface area contributed by atoms with Crippen molar-refractivity contribution in [1.82, 2.24) is 4.57 Å². The van der Waals surface area contributed by atoms with E-state index in [0.717, 1.165) is 16.7 Å². The molecule has 0 amide bonds. The number of carbonyl (C=O) groups is 1. The van der Waals surface area contributed by atoms with E-state index >= 15 is 0 Å². The van der Waals surface area contributed by atoms with Gasteiger partial charge in [0, 0.05) is 24.4 Å². The number of esters is 1. The summed E-state index contributed by atoms with van der Waals surface area (Å²) in [7, 11) is 1.72. The number of benzene rings is 2. The third kappa shape index (κ3) is 3.05. The molecule has 0 bridgehead atoms. The molecule has 1 heterocycles. The normalized spacial score (nSPS) is 10.3. The third-order valence-electron chi connectivity index (χ3n) is 4.16. The highest BCUT2D eigenvalue weighted by atomic mass is 16.5. The molecule has 0 unspecified atom stereocenters. The van der Waals surface area contributed by atoms with Crippen LogP contribution in [0.3, 0.4) is 0 Å². The lowest BCUT2D eigenvalue weighted by Crippen LogP contribution is -2.10. The van der Waals surface area contributed by atoms with Gasteiger partial charge in [0.1, 0.15) is 17.5 Å². The lowest BCUT2D eigenvalue weighted by atomic mass is 9.98. The van der Waals surface area contributed by atoms with Crippen molar-refractivity contribution in [3.8, 4) is 34.1 Å². The zero-order chi connectivity index (χ0) is 18.7. The number of phenolic OH excluding ortho intramolecular Hbond substituents is 1. The van der Waals surface area contributed by atoms with Gasteiger partial charge in [-0.15, -0.1) is 0 Å². The van der Waals surface area contributed by atoms with Crippen LogP contribution in [0.1, 0.15) is 23.0 Å². The van der Waals surface area contributed by atoms with Crippen LogP contribution in [0.25, 0.3) is 22.3 Å². The molecule has 1 aromatic heterocycles. The molecule has 0 atom stereocenters. The van der Waals surface area contributed by atoms with Crippen molar-refractivity contribution in [1.29, 1.82) is 5.26 Å². The molecule has 130 valence electrons. The Morgan fingerprint density at radius 3 is 2.42 bits per heavy atom. The number of rotatable bonds is 4. The van der Waals surface area contributed by atoms with Gasteiger partial charge < -0.3 is 14.4 Å². The van der Waals surface area contributed by atoms with Crippen molar-refractivity contribution in [2.24, 2.45) is 7.05 Å². The molecule has 5 nitrogen and oxygen atoms in total. The molecule has 5 heteroatoms. The summed E-state index contributed by atoms with van der Waals surface area (Å²) in [5.41, 5.74) is 3.61. The predicted molar refractivity (Wildman–Crippen MR) is 98.6 cm³/mol. The van der Waals surface area contributed by atoms with Crippen LogP contribution in [-0.2, 0) is 11.8 Å². The van der Waals surface area contributed by atoms with E-state index in [9.17, 15) is 15.2 Å². The van der Waals surface area contributed by atoms with Crippen molar-refractivity contribution < 1.29 is 14.6 Å². The Morgan fingerprint density at radius 1 is 1.15 bits per heavy atom. The van der Waals surface area contributed by atoms with Crippen molar-refractivity contribution >= 4 is 5.97 Å². The lowest BCUT2D eigenvalue weighted by Gasteiger charge is -2.09. The number of hydrogen-bond acceptors (Lipinski definition) is 4. The van der Waals surface area contributed by atoms with Crippen molar-refractivity contribution in [3.63, 3.8) is 0 Å². The number of aryl methyl sites for hydroxylation is 1. The molecule has 3 rings (SSSR count). The molecule has 0 fully saturated rings. The van der Waals surface area contributed by atoms with E-state index in [2.05, 4.69) is 6.07 Å². The Hall–Kier alpha value is -3.52. The van der Waals surface area contributed by atoms with Gasteiger partial charge >= 0.3 is 5.97 Å². The fourth-order valence-corrected chi connectivity index (χ4v) is 2.98. The Morgan fingerprint density at radius 2 is 1.81 bits per heavy atom.